The summed E-state index contributed by atoms with van der Waals surface area (Å²) in [7, 11) is 0. The molecule has 0 bridgehead atoms. The molecule has 1 aromatic heterocycles. The quantitative estimate of drug-likeness (QED) is 0.944. The molecule has 116 valence electrons. The highest BCUT2D eigenvalue weighted by Gasteiger charge is 2.21. The predicted octanol–water partition coefficient (Wildman–Crippen LogP) is 2.31. The van der Waals surface area contributed by atoms with Gasteiger partial charge >= 0.3 is 0 Å². The first-order chi connectivity index (χ1) is 10.6. The standard InChI is InChI=1S/C16H18FN3OS/c1-11-9-20(6-5-18-11)15(21)8-14-10-22-16(19-14)12-3-2-4-13(17)7-12/h2-4,7,10-11,18H,5-6,8-9H2,1H3. The van der Waals surface area contributed by atoms with Gasteiger partial charge in [-0.3, -0.25) is 4.79 Å². The van der Waals surface area contributed by atoms with Crippen LogP contribution in [0.5, 0.6) is 0 Å². The molecule has 0 saturated carbocycles. The topological polar surface area (TPSA) is 45.2 Å². The van der Waals surface area contributed by atoms with Gasteiger partial charge < -0.3 is 10.2 Å². The highest BCUT2D eigenvalue weighted by molar-refractivity contribution is 7.13. The summed E-state index contributed by atoms with van der Waals surface area (Å²) in [5.74, 6) is -0.176. The number of carbonyl (C=O) groups excluding carboxylic acids is 1. The Balaban J connectivity index is 1.68. The summed E-state index contributed by atoms with van der Waals surface area (Å²) in [5, 5.41) is 5.94. The Hall–Kier alpha value is -1.79. The number of nitrogens with one attached hydrogen (secondary N) is 1. The summed E-state index contributed by atoms with van der Waals surface area (Å²) in [6, 6.07) is 6.69. The average molecular weight is 319 g/mol. The van der Waals surface area contributed by atoms with Crippen molar-refractivity contribution in [3.8, 4) is 10.6 Å². The van der Waals surface area contributed by atoms with Crippen molar-refractivity contribution in [1.29, 1.82) is 0 Å². The number of hydrogen-bond donors (Lipinski definition) is 1. The van der Waals surface area contributed by atoms with Crippen molar-refractivity contribution in [3.63, 3.8) is 0 Å². The Morgan fingerprint density at radius 2 is 2.41 bits per heavy atom. The van der Waals surface area contributed by atoms with E-state index in [2.05, 4.69) is 17.2 Å². The minimum Gasteiger partial charge on any atom is -0.340 e. The van der Waals surface area contributed by atoms with Crippen molar-refractivity contribution >= 4 is 17.2 Å². The molecule has 1 atom stereocenters. The molecule has 4 nitrogen and oxygen atoms in total. The summed E-state index contributed by atoms with van der Waals surface area (Å²) < 4.78 is 13.3. The second-order valence-corrected chi connectivity index (χ2v) is 6.38. The normalized spacial score (nSPS) is 18.5. The van der Waals surface area contributed by atoms with Crippen LogP contribution in [0, 0.1) is 5.82 Å². The van der Waals surface area contributed by atoms with Crippen molar-refractivity contribution in [2.24, 2.45) is 0 Å². The summed E-state index contributed by atoms with van der Waals surface area (Å²) in [4.78, 5) is 18.7. The molecule has 1 aliphatic rings. The van der Waals surface area contributed by atoms with E-state index in [0.29, 0.717) is 12.5 Å². The largest absolute Gasteiger partial charge is 0.340 e. The van der Waals surface area contributed by atoms with Crippen molar-refractivity contribution in [1.82, 2.24) is 15.2 Å². The second kappa shape index (κ2) is 6.54. The van der Waals surface area contributed by atoms with Gasteiger partial charge in [-0.15, -0.1) is 11.3 Å². The third kappa shape index (κ3) is 3.51. The maximum atomic E-state index is 13.3. The number of hydrogen-bond acceptors (Lipinski definition) is 4. The van der Waals surface area contributed by atoms with Crippen LogP contribution in [0.3, 0.4) is 0 Å². The van der Waals surface area contributed by atoms with Gasteiger partial charge in [0.15, 0.2) is 0 Å². The van der Waals surface area contributed by atoms with Crippen LogP contribution in [-0.4, -0.2) is 41.5 Å². The lowest BCUT2D eigenvalue weighted by atomic mass is 10.2. The molecule has 1 aromatic carbocycles. The molecule has 1 amide bonds. The molecule has 1 unspecified atom stereocenters. The molecule has 1 aliphatic heterocycles. The Bertz CT molecular complexity index is 673. The number of carbonyl (C=O) groups is 1. The first-order valence-corrected chi connectivity index (χ1v) is 8.21. The van der Waals surface area contributed by atoms with Crippen LogP contribution in [0.15, 0.2) is 29.6 Å². The molecule has 22 heavy (non-hydrogen) atoms. The molecule has 1 saturated heterocycles. The number of nitrogens with zero attached hydrogens (tertiary/aromatic N) is 2. The van der Waals surface area contributed by atoms with E-state index in [4.69, 9.17) is 0 Å². The minimum absolute atomic E-state index is 0.101. The van der Waals surface area contributed by atoms with Crippen molar-refractivity contribution in [2.75, 3.05) is 19.6 Å². The molecular formula is C16H18FN3OS. The fourth-order valence-corrected chi connectivity index (χ4v) is 3.38. The monoisotopic (exact) mass is 319 g/mol. The third-order valence-corrected chi connectivity index (χ3v) is 4.62. The first-order valence-electron chi connectivity index (χ1n) is 7.33. The number of rotatable bonds is 3. The van der Waals surface area contributed by atoms with Crippen LogP contribution in [0.1, 0.15) is 12.6 Å². The van der Waals surface area contributed by atoms with Gasteiger partial charge in [0, 0.05) is 36.6 Å². The molecule has 0 aliphatic carbocycles. The van der Waals surface area contributed by atoms with Crippen LogP contribution in [0.25, 0.3) is 10.6 Å². The lowest BCUT2D eigenvalue weighted by Gasteiger charge is -2.31. The van der Waals surface area contributed by atoms with E-state index in [1.54, 1.807) is 6.07 Å². The number of halogens is 1. The van der Waals surface area contributed by atoms with E-state index >= 15 is 0 Å². The molecule has 0 spiro atoms. The zero-order chi connectivity index (χ0) is 15.5. The molecule has 2 aromatic rings. The molecule has 3 rings (SSSR count). The summed E-state index contributed by atoms with van der Waals surface area (Å²) in [6.45, 7) is 4.38. The molecule has 2 heterocycles. The molecule has 6 heteroatoms. The van der Waals surface area contributed by atoms with E-state index in [1.165, 1.54) is 23.5 Å². The Kier molecular flexibility index (Phi) is 4.49. The smallest absolute Gasteiger partial charge is 0.228 e. The predicted molar refractivity (Wildman–Crippen MR) is 85.3 cm³/mol. The SMILES string of the molecule is CC1CN(C(=O)Cc2csc(-c3cccc(F)c3)n2)CCN1. The molecule has 1 fully saturated rings. The van der Waals surface area contributed by atoms with E-state index in [0.717, 1.165) is 35.9 Å². The highest BCUT2D eigenvalue weighted by atomic mass is 32.1. The van der Waals surface area contributed by atoms with Crippen molar-refractivity contribution in [3.05, 3.63) is 41.2 Å². The zero-order valence-corrected chi connectivity index (χ0v) is 13.2. The van der Waals surface area contributed by atoms with Gasteiger partial charge in [-0.25, -0.2) is 9.37 Å². The highest BCUT2D eigenvalue weighted by Crippen LogP contribution is 2.24. The van der Waals surface area contributed by atoms with Crippen LogP contribution >= 0.6 is 11.3 Å². The Morgan fingerprint density at radius 1 is 1.55 bits per heavy atom. The van der Waals surface area contributed by atoms with Crippen molar-refractivity contribution < 1.29 is 9.18 Å². The first kappa shape index (κ1) is 15.1. The lowest BCUT2D eigenvalue weighted by Crippen LogP contribution is -2.51. The van der Waals surface area contributed by atoms with Gasteiger partial charge in [-0.2, -0.15) is 0 Å². The van der Waals surface area contributed by atoms with E-state index in [9.17, 15) is 9.18 Å². The third-order valence-electron chi connectivity index (χ3n) is 3.68. The fraction of sp³-hybridized carbons (Fsp3) is 0.375. The van der Waals surface area contributed by atoms with Gasteiger partial charge in [0.25, 0.3) is 0 Å². The molecule has 1 N–H and O–H groups in total. The lowest BCUT2D eigenvalue weighted by molar-refractivity contribution is -0.131. The van der Waals surface area contributed by atoms with Crippen LogP contribution in [-0.2, 0) is 11.2 Å². The average Bonchev–Trinajstić information content (AvgIpc) is 2.96. The van der Waals surface area contributed by atoms with Gasteiger partial charge in [0.2, 0.25) is 5.91 Å². The van der Waals surface area contributed by atoms with Crippen LogP contribution in [0.2, 0.25) is 0 Å². The van der Waals surface area contributed by atoms with Gasteiger partial charge in [0.1, 0.15) is 10.8 Å². The zero-order valence-electron chi connectivity index (χ0n) is 12.4. The maximum Gasteiger partial charge on any atom is 0.228 e. The second-order valence-electron chi connectivity index (χ2n) is 5.53. The maximum absolute atomic E-state index is 13.3. The fourth-order valence-electron chi connectivity index (χ4n) is 2.57. The van der Waals surface area contributed by atoms with E-state index < -0.39 is 0 Å². The van der Waals surface area contributed by atoms with Gasteiger partial charge in [-0.1, -0.05) is 12.1 Å². The number of benzene rings is 1. The van der Waals surface area contributed by atoms with Gasteiger partial charge in [0.05, 0.1) is 12.1 Å². The van der Waals surface area contributed by atoms with Crippen LogP contribution in [0.4, 0.5) is 4.39 Å². The summed E-state index contributed by atoms with van der Waals surface area (Å²) in [5.41, 5.74) is 1.50. The molecule has 0 radical (unpaired) electrons. The van der Waals surface area contributed by atoms with Crippen molar-refractivity contribution in [2.45, 2.75) is 19.4 Å². The Morgan fingerprint density at radius 3 is 3.18 bits per heavy atom. The van der Waals surface area contributed by atoms with Gasteiger partial charge in [-0.05, 0) is 19.1 Å². The minimum atomic E-state index is -0.278. The van der Waals surface area contributed by atoms with E-state index in [1.807, 2.05) is 16.3 Å². The number of amides is 1. The number of piperazine rings is 1. The summed E-state index contributed by atoms with van der Waals surface area (Å²) in [6.07, 6.45) is 0.304. The Labute approximate surface area is 133 Å². The summed E-state index contributed by atoms with van der Waals surface area (Å²) >= 11 is 1.44. The number of aromatic nitrogens is 1. The molecular weight excluding hydrogens is 301 g/mol. The van der Waals surface area contributed by atoms with E-state index in [-0.39, 0.29) is 11.7 Å². The number of thiazole rings is 1. The van der Waals surface area contributed by atoms with Crippen LogP contribution < -0.4 is 5.32 Å².